The van der Waals surface area contributed by atoms with E-state index in [-0.39, 0.29) is 100 Å². The molecule has 0 spiro atoms. The van der Waals surface area contributed by atoms with Crippen molar-refractivity contribution in [3.8, 4) is 74.7 Å². The van der Waals surface area contributed by atoms with E-state index in [2.05, 4.69) is 31.2 Å². The van der Waals surface area contributed by atoms with Crippen molar-refractivity contribution >= 4 is 41.3 Å². The van der Waals surface area contributed by atoms with Gasteiger partial charge < -0.3 is 185 Å². The zero-order valence-corrected chi connectivity index (χ0v) is 83.6. The molecule has 11 N–H and O–H groups in total. The number of benzene rings is 6. The van der Waals surface area contributed by atoms with Gasteiger partial charge in [0.25, 0.3) is 17.7 Å². The predicted molar refractivity (Wildman–Crippen MR) is 501 cm³/mol. The molecule has 0 radical (unpaired) electrons. The van der Waals surface area contributed by atoms with E-state index in [1.54, 1.807) is 59.3 Å². The standard InChI is InChI=1S/C31H35NO13.C31H37NO12.C30H34O13.C8H9N7O3/c1-12-39-10-21-28(43-12)25(33)26(34)31(44-21)45-27-15-8-18-17(41-11-42-18)7-14(15)22(23-16(27)9-40-30(23)36)13-5-19(37-3)24(29(35)32-2)20(6-13)38-4;1-13-38-11-23-29(42-13)26(33)27(34)31(43-23)44-28-16-8-22-21(40-12-41-22)7-15(16)24(25-18(28)10-39-30(25)35)14-5-19(36-3)17(9-32-2)20(6-14)37-4;1-12-37-10-21-28(41-12)24(31)25(32)30(42-21)43-26-15-8-18-17(39-11-40-18)7-14(15)22(23-16(26)9-38-29(23)33)13-5-19(34-2)27(36-4)20(6-13)35-3;1-10-7(17)6-11-3(4(9)16)5-12-13-14(2)8(18)15(5)6/h5-8,12,16,21-23,25-28,31,33-34H,9-11H2,1-4H3,(H,32,35);5-8,13,18,23-29,31-34H,9-12H2,1-4H3;5-8,12,16,21-26,28,30-32H,9-11H2,1-4H3;1-2H3,(H2,9,16)(H,10,17)/t12?,16-,21?,22?,23-,25?,26?,27+,28?,31?;13?,18-,23?,24?,25-,26?,27?,28+,29?,31?;12?,16-,21?,22?,23-,24?,25?,26+,28?,30?;/m000./s1. The molecule has 0 saturated carbocycles. The van der Waals surface area contributed by atoms with Gasteiger partial charge in [-0.05, 0) is 151 Å². The minimum Gasteiger partial charge on any atom is -0.496 e. The van der Waals surface area contributed by atoms with Gasteiger partial charge in [-0.15, -0.1) is 5.10 Å². The molecule has 50 nitrogen and oxygen atoms in total. The Labute approximate surface area is 854 Å². The third kappa shape index (κ3) is 18.6. The number of ether oxygens (including phenoxy) is 28. The van der Waals surface area contributed by atoms with Crippen molar-refractivity contribution in [2.24, 2.45) is 48.3 Å². The zero-order chi connectivity index (χ0) is 106. The summed E-state index contributed by atoms with van der Waals surface area (Å²) in [5.41, 5.74) is 11.5. The maximum Gasteiger partial charge on any atom is 0.353 e. The number of primary amides is 1. The van der Waals surface area contributed by atoms with Gasteiger partial charge in [0.05, 0.1) is 125 Å². The van der Waals surface area contributed by atoms with Crippen LogP contribution < -0.4 is 89.0 Å². The van der Waals surface area contributed by atoms with E-state index >= 15 is 0 Å². The Morgan fingerprint density at radius 2 is 0.740 bits per heavy atom. The molecule has 2 aromatic heterocycles. The molecule has 9 fully saturated rings. The van der Waals surface area contributed by atoms with Gasteiger partial charge in [-0.2, -0.15) is 4.68 Å². The molecule has 30 atom stereocenters. The number of carbonyl (C=O) groups is 6. The summed E-state index contributed by atoms with van der Waals surface area (Å²) in [6.07, 6.45) is -20.2. The molecule has 3 aliphatic carbocycles. The number of nitrogens with one attached hydrogen (secondary N) is 3. The van der Waals surface area contributed by atoms with Gasteiger partial charge in [0.15, 0.2) is 95.1 Å². The van der Waals surface area contributed by atoms with Crippen molar-refractivity contribution < 1.29 is 192 Å². The van der Waals surface area contributed by atoms with E-state index in [0.29, 0.717) is 92.0 Å². The second-order valence-electron chi connectivity index (χ2n) is 37.8. The van der Waals surface area contributed by atoms with E-state index in [1.807, 2.05) is 55.6 Å². The van der Waals surface area contributed by atoms with Gasteiger partial charge in [-0.3, -0.25) is 28.8 Å². The van der Waals surface area contributed by atoms with Crippen LogP contribution in [0.3, 0.4) is 0 Å². The number of amides is 3. The predicted octanol–water partition coefficient (Wildman–Crippen LogP) is 1.27. The molecule has 6 aromatic carbocycles. The fraction of sp³-hybridized carbons (Fsp3) is 0.540. The molecule has 14 heterocycles. The molecule has 0 bridgehead atoms. The van der Waals surface area contributed by atoms with Crippen LogP contribution in [-0.4, -0.2) is 333 Å². The Kier molecular flexibility index (Phi) is 29.7. The number of nitrogens with two attached hydrogens (primary N) is 1. The summed E-state index contributed by atoms with van der Waals surface area (Å²) < 4.78 is 164. The van der Waals surface area contributed by atoms with E-state index in [1.165, 1.54) is 56.7 Å². The highest BCUT2D eigenvalue weighted by Crippen LogP contribution is 2.62. The number of cyclic esters (lactones) is 3. The van der Waals surface area contributed by atoms with Crippen molar-refractivity contribution in [3.05, 3.63) is 156 Å². The van der Waals surface area contributed by atoms with Crippen LogP contribution in [0, 0.1) is 35.5 Å². The largest absolute Gasteiger partial charge is 0.496 e. The van der Waals surface area contributed by atoms with Crippen LogP contribution in [0.1, 0.15) is 144 Å². The minimum absolute atomic E-state index is 0.0178. The maximum atomic E-state index is 13.5. The molecule has 8 aromatic rings. The fourth-order valence-corrected chi connectivity index (χ4v) is 22.6. The number of fused-ring (bicyclic) bond motifs is 13. The number of methoxy groups -OCH3 is 7. The van der Waals surface area contributed by atoms with E-state index in [4.69, 9.17) is 138 Å². The second-order valence-corrected chi connectivity index (χ2v) is 37.8. The van der Waals surface area contributed by atoms with Gasteiger partial charge in [0, 0.05) is 68.8 Å². The number of aryl methyl sites for hydroxylation is 1. The lowest BCUT2D eigenvalue weighted by molar-refractivity contribution is -0.364. The highest BCUT2D eigenvalue weighted by Gasteiger charge is 2.62. The average molecular weight is 2100 g/mol. The third-order valence-corrected chi connectivity index (χ3v) is 29.6. The third-order valence-electron chi connectivity index (χ3n) is 29.6. The summed E-state index contributed by atoms with van der Waals surface area (Å²) >= 11 is 0. The SMILES string of the molecule is CNC(=O)c1c(OC)cc(C2c3cc4c(cc3[C@@H](OC3OC5COC(C)OC5C(O)C3O)[C@H]3COC(=O)[C@H]23)OCO4)cc1OC.CNC(=O)c1nc(C(N)=O)c2nnn(C)c(=O)n12.CNCc1c(OC)cc(C2c3cc4c(cc3[C@@H](OC3OC5COC(C)OC5C(O)C3O)[C@H]3COC(=O)[C@H]23)OCO4)cc1OC.COc1cc(C2c3cc4c(cc3[C@@H](OC3OC5COC(C)OC5C(O)C3O)[C@H]3COC(=O)[C@H]23)OCO4)cc(OC)c1OC. The normalized spacial score (nSPS) is 32.3. The summed E-state index contributed by atoms with van der Waals surface area (Å²) in [6, 6.07) is 21.9. The summed E-state index contributed by atoms with van der Waals surface area (Å²) in [5.74, 6) is -2.36. The number of nitrogens with zero attached hydrogens (tertiary/aromatic N) is 5. The van der Waals surface area contributed by atoms with Crippen molar-refractivity contribution in [2.75, 3.05) is 131 Å². The fourth-order valence-electron chi connectivity index (χ4n) is 22.6. The molecule has 15 aliphatic rings. The first kappa shape index (κ1) is 104. The molecule has 50 heteroatoms. The van der Waals surface area contributed by atoms with Gasteiger partial charge in [-0.25, -0.2) is 14.2 Å². The van der Waals surface area contributed by atoms with Crippen molar-refractivity contribution in [1.29, 1.82) is 0 Å². The Hall–Kier alpha value is -12.9. The summed E-state index contributed by atoms with van der Waals surface area (Å²) in [5, 5.41) is 81.3. The molecule has 3 amide bonds. The number of aromatic nitrogens is 5. The van der Waals surface area contributed by atoms with E-state index in [0.717, 1.165) is 42.5 Å². The van der Waals surface area contributed by atoms with Crippen LogP contribution in [0.4, 0.5) is 0 Å². The van der Waals surface area contributed by atoms with Crippen LogP contribution in [0.25, 0.3) is 5.65 Å². The summed E-state index contributed by atoms with van der Waals surface area (Å²) in [7, 11) is 16.7. The van der Waals surface area contributed by atoms with Crippen LogP contribution in [0.15, 0.2) is 77.6 Å². The molecule has 23 rings (SSSR count). The number of aliphatic hydroxyl groups is 6. The van der Waals surface area contributed by atoms with Gasteiger partial charge in [0.2, 0.25) is 32.0 Å². The second kappa shape index (κ2) is 42.7. The molecule has 12 aliphatic heterocycles. The number of aliphatic hydroxyl groups excluding tert-OH is 6. The van der Waals surface area contributed by atoms with Crippen LogP contribution >= 0.6 is 0 Å². The lowest BCUT2D eigenvalue weighted by Gasteiger charge is -2.47. The van der Waals surface area contributed by atoms with Crippen molar-refractivity contribution in [2.45, 2.75) is 174 Å². The van der Waals surface area contributed by atoms with E-state index in [9.17, 15) is 64.2 Å². The van der Waals surface area contributed by atoms with Crippen LogP contribution in [0.2, 0.25) is 0 Å². The quantitative estimate of drug-likeness (QED) is 0.0358. The highest BCUT2D eigenvalue weighted by atomic mass is 16.8. The highest BCUT2D eigenvalue weighted by molar-refractivity contribution is 6.01. The number of imidazole rings is 1. The first-order valence-corrected chi connectivity index (χ1v) is 48.5. The Bertz CT molecular complexity index is 6470. The van der Waals surface area contributed by atoms with Crippen molar-refractivity contribution in [1.82, 2.24) is 40.3 Å². The average Bonchev–Trinajstić information content (AvgIpc) is 1.14. The van der Waals surface area contributed by atoms with E-state index < -0.39 is 218 Å². The smallest absolute Gasteiger partial charge is 0.353 e. The summed E-state index contributed by atoms with van der Waals surface area (Å²) in [6.45, 7) is 6.43. The molecule has 150 heavy (non-hydrogen) atoms. The van der Waals surface area contributed by atoms with Crippen molar-refractivity contribution in [3.63, 3.8) is 0 Å². The lowest BCUT2D eigenvalue weighted by Crippen LogP contribution is -2.63. The molecular formula is C100H115N9O41. The molecule has 9 saturated heterocycles. The monoisotopic (exact) mass is 2100 g/mol. The Balaban J connectivity index is 0.000000125. The number of esters is 3. The first-order chi connectivity index (χ1) is 72.3. The Morgan fingerprint density at radius 3 is 1.05 bits per heavy atom. The zero-order valence-electron chi connectivity index (χ0n) is 83.6. The number of hydrogen-bond donors (Lipinski definition) is 10. The minimum atomic E-state index is -1.45. The number of carbonyl (C=O) groups excluding carboxylic acids is 6. The number of hydrogen-bond acceptors (Lipinski definition) is 45. The first-order valence-electron chi connectivity index (χ1n) is 48.5. The molecule has 806 valence electrons. The van der Waals surface area contributed by atoms with Crippen LogP contribution in [-0.2, 0) is 99.0 Å². The molecule has 21 unspecified atom stereocenters. The Morgan fingerprint density at radius 1 is 0.413 bits per heavy atom. The van der Waals surface area contributed by atoms with Gasteiger partial charge >= 0.3 is 23.6 Å². The maximum absolute atomic E-state index is 13.5. The van der Waals surface area contributed by atoms with Gasteiger partial charge in [0.1, 0.15) is 102 Å². The number of rotatable bonds is 21. The van der Waals surface area contributed by atoms with Gasteiger partial charge in [-0.1, -0.05) is 5.21 Å². The molecular weight excluding hydrogens is 1980 g/mol. The summed E-state index contributed by atoms with van der Waals surface area (Å²) in [4.78, 5) is 91.6. The lowest BCUT2D eigenvalue weighted by atomic mass is 9.66. The topological polar surface area (TPSA) is 609 Å². The van der Waals surface area contributed by atoms with Crippen LogP contribution in [0.5, 0.6) is 74.7 Å².